The lowest BCUT2D eigenvalue weighted by Crippen LogP contribution is -2.21. The molecule has 0 bridgehead atoms. The van der Waals surface area contributed by atoms with Crippen molar-refractivity contribution in [2.45, 2.75) is 54.4 Å². The smallest absolute Gasteiger partial charge is 0.107 e. The minimum atomic E-state index is 0.344. The molecule has 0 aliphatic carbocycles. The zero-order valence-corrected chi connectivity index (χ0v) is 19.1. The van der Waals surface area contributed by atoms with Crippen LogP contribution in [0.15, 0.2) is 29.2 Å². The molecule has 5 heteroatoms. The van der Waals surface area contributed by atoms with Crippen LogP contribution >= 0.6 is 11.9 Å². The summed E-state index contributed by atoms with van der Waals surface area (Å²) in [7, 11) is 1.80. The van der Waals surface area contributed by atoms with E-state index in [4.69, 9.17) is 10.4 Å². The number of aliphatic hydroxyl groups is 1. The molecule has 4 nitrogen and oxygen atoms in total. The summed E-state index contributed by atoms with van der Waals surface area (Å²) in [5.41, 5.74) is 2.27. The number of nitrogens with zero attached hydrogens (tertiary/aromatic N) is 2. The van der Waals surface area contributed by atoms with E-state index in [0.717, 1.165) is 37.4 Å². The van der Waals surface area contributed by atoms with E-state index >= 15 is 0 Å². The molecule has 0 heterocycles. The molecule has 0 aliphatic heterocycles. The highest BCUT2D eigenvalue weighted by molar-refractivity contribution is 8.01. The lowest BCUT2D eigenvalue weighted by molar-refractivity contribution is 0.287. The van der Waals surface area contributed by atoms with Crippen molar-refractivity contribution in [1.82, 2.24) is 4.72 Å². The van der Waals surface area contributed by atoms with Gasteiger partial charge in [-0.3, -0.25) is 4.72 Å². The molecule has 0 aliphatic rings. The van der Waals surface area contributed by atoms with Crippen molar-refractivity contribution < 1.29 is 5.11 Å². The summed E-state index contributed by atoms with van der Waals surface area (Å²) in [4.78, 5) is 2.95. The molecule has 0 saturated carbocycles. The van der Waals surface area contributed by atoms with Crippen LogP contribution in [0.4, 0.5) is 5.69 Å². The Labute approximate surface area is 171 Å². The molecule has 0 spiro atoms. The Morgan fingerprint density at radius 1 is 1.19 bits per heavy atom. The Kier molecular flexibility index (Phi) is 19.8. The molecular formula is C22H39N3OS. The Balaban J connectivity index is 0. The Bertz CT molecular complexity index is 513. The first-order chi connectivity index (χ1) is 12.9. The van der Waals surface area contributed by atoms with Crippen molar-refractivity contribution >= 4 is 23.7 Å². The summed E-state index contributed by atoms with van der Waals surface area (Å²) < 4.78 is 2.90. The zero-order chi connectivity index (χ0) is 21.1. The minimum Gasteiger partial charge on any atom is -0.396 e. The summed E-state index contributed by atoms with van der Waals surface area (Å²) in [6.45, 7) is 15.2. The summed E-state index contributed by atoms with van der Waals surface area (Å²) in [6.07, 6.45) is 3.92. The molecule has 0 radical (unpaired) electrons. The van der Waals surface area contributed by atoms with Gasteiger partial charge in [0.25, 0.3) is 0 Å². The lowest BCUT2D eigenvalue weighted by Gasteiger charge is -2.20. The van der Waals surface area contributed by atoms with Crippen LogP contribution in [0.2, 0.25) is 0 Å². The SMILES string of the molecule is CC(C)C.CCCCO.CCN(CC)c1ccc(/C=C(\C#N)SNC)cc1. The molecule has 1 aromatic carbocycles. The number of benzene rings is 1. The van der Waals surface area contributed by atoms with Crippen molar-refractivity contribution in [2.24, 2.45) is 5.92 Å². The van der Waals surface area contributed by atoms with Gasteiger partial charge in [0.2, 0.25) is 0 Å². The maximum absolute atomic E-state index is 8.95. The highest BCUT2D eigenvalue weighted by atomic mass is 32.2. The molecule has 0 amide bonds. The second-order valence-electron chi connectivity index (χ2n) is 6.50. The number of nitriles is 1. The van der Waals surface area contributed by atoms with Crippen LogP contribution in [-0.2, 0) is 0 Å². The van der Waals surface area contributed by atoms with Gasteiger partial charge in [0.05, 0.1) is 0 Å². The summed E-state index contributed by atoms with van der Waals surface area (Å²) in [6, 6.07) is 10.4. The molecule has 1 aromatic rings. The highest BCUT2D eigenvalue weighted by Gasteiger charge is 2.01. The van der Waals surface area contributed by atoms with Gasteiger partial charge >= 0.3 is 0 Å². The third kappa shape index (κ3) is 16.4. The number of rotatable bonds is 8. The molecule has 0 saturated heterocycles. The third-order valence-corrected chi connectivity index (χ3v) is 3.79. The standard InChI is InChI=1S/C14H19N3S.C4H10O.C4H10/c1-4-17(5-2)13-8-6-12(7-9-13)10-14(11-15)18-16-3;1-2-3-4-5;1-4(2)3/h6-10,16H,4-5H2,1-3H3;5H,2-4H2,1H3;4H,1-3H3/b14-10+;;. The predicted molar refractivity (Wildman–Crippen MR) is 123 cm³/mol. The second-order valence-corrected chi connectivity index (χ2v) is 7.55. The molecule has 0 aromatic heterocycles. The largest absolute Gasteiger partial charge is 0.396 e. The maximum atomic E-state index is 8.95. The number of unbranched alkanes of at least 4 members (excludes halogenated alkanes) is 1. The van der Waals surface area contributed by atoms with E-state index in [-0.39, 0.29) is 0 Å². The normalized spacial score (nSPS) is 10.3. The fourth-order valence-electron chi connectivity index (χ4n) is 1.87. The molecular weight excluding hydrogens is 354 g/mol. The third-order valence-electron chi connectivity index (χ3n) is 3.15. The number of hydrogen-bond acceptors (Lipinski definition) is 5. The van der Waals surface area contributed by atoms with E-state index in [1.54, 1.807) is 7.05 Å². The summed E-state index contributed by atoms with van der Waals surface area (Å²) in [5.74, 6) is 0.833. The number of allylic oxidation sites excluding steroid dienone is 1. The number of anilines is 1. The van der Waals surface area contributed by atoms with Crippen molar-refractivity contribution in [3.05, 3.63) is 34.7 Å². The topological polar surface area (TPSA) is 59.3 Å². The van der Waals surface area contributed by atoms with Crippen molar-refractivity contribution in [3.8, 4) is 6.07 Å². The van der Waals surface area contributed by atoms with Crippen LogP contribution in [0.5, 0.6) is 0 Å². The molecule has 0 fully saturated rings. The Hall–Kier alpha value is -1.48. The van der Waals surface area contributed by atoms with Crippen LogP contribution in [0.25, 0.3) is 6.08 Å². The van der Waals surface area contributed by atoms with Crippen LogP contribution in [0, 0.1) is 17.2 Å². The fraction of sp³-hybridized carbons (Fsp3) is 0.591. The van der Waals surface area contributed by atoms with Gasteiger partial charge in [-0.05, 0) is 69.0 Å². The zero-order valence-electron chi connectivity index (χ0n) is 18.2. The molecule has 154 valence electrons. The average molecular weight is 394 g/mol. The molecule has 27 heavy (non-hydrogen) atoms. The Morgan fingerprint density at radius 3 is 2.00 bits per heavy atom. The van der Waals surface area contributed by atoms with Gasteiger partial charge in [0.15, 0.2) is 0 Å². The van der Waals surface area contributed by atoms with E-state index in [0.29, 0.717) is 11.5 Å². The molecule has 0 atom stereocenters. The van der Waals surface area contributed by atoms with Crippen molar-refractivity contribution in [2.75, 3.05) is 31.6 Å². The van der Waals surface area contributed by atoms with Crippen molar-refractivity contribution in [1.29, 1.82) is 5.26 Å². The summed E-state index contributed by atoms with van der Waals surface area (Å²) in [5, 5.41) is 17.0. The number of hydrogen-bond donors (Lipinski definition) is 2. The van der Waals surface area contributed by atoms with Crippen LogP contribution in [0.1, 0.15) is 59.9 Å². The van der Waals surface area contributed by atoms with Gasteiger partial charge in [-0.2, -0.15) is 5.26 Å². The first-order valence-corrected chi connectivity index (χ1v) is 10.6. The predicted octanol–water partition coefficient (Wildman–Crippen LogP) is 5.71. The van der Waals surface area contributed by atoms with Crippen LogP contribution in [0.3, 0.4) is 0 Å². The average Bonchev–Trinajstić information content (AvgIpc) is 2.64. The number of nitrogens with one attached hydrogen (secondary N) is 1. The van der Waals surface area contributed by atoms with E-state index in [1.807, 2.05) is 18.2 Å². The van der Waals surface area contributed by atoms with Crippen molar-refractivity contribution in [3.63, 3.8) is 0 Å². The molecule has 2 N–H and O–H groups in total. The number of aliphatic hydroxyl groups excluding tert-OH is 1. The maximum Gasteiger partial charge on any atom is 0.107 e. The van der Waals surface area contributed by atoms with Gasteiger partial charge in [0.1, 0.15) is 11.0 Å². The highest BCUT2D eigenvalue weighted by Crippen LogP contribution is 2.19. The first-order valence-electron chi connectivity index (χ1n) is 9.81. The quantitative estimate of drug-likeness (QED) is 0.438. The van der Waals surface area contributed by atoms with Gasteiger partial charge in [0, 0.05) is 25.4 Å². The van der Waals surface area contributed by atoms with Gasteiger partial charge in [-0.15, -0.1) is 0 Å². The van der Waals surface area contributed by atoms with E-state index in [1.165, 1.54) is 17.6 Å². The lowest BCUT2D eigenvalue weighted by atomic mass is 10.2. The second kappa shape index (κ2) is 19.3. The van der Waals surface area contributed by atoms with Gasteiger partial charge in [-0.1, -0.05) is 46.2 Å². The molecule has 1 rings (SSSR count). The molecule has 0 unspecified atom stereocenters. The summed E-state index contributed by atoms with van der Waals surface area (Å²) >= 11 is 1.33. The van der Waals surface area contributed by atoms with Gasteiger partial charge < -0.3 is 10.0 Å². The first kappa shape index (κ1) is 27.7. The fourth-order valence-corrected chi connectivity index (χ4v) is 2.33. The van der Waals surface area contributed by atoms with Gasteiger partial charge in [-0.25, -0.2) is 0 Å². The van der Waals surface area contributed by atoms with E-state index in [2.05, 4.69) is 69.4 Å². The van der Waals surface area contributed by atoms with E-state index in [9.17, 15) is 0 Å². The van der Waals surface area contributed by atoms with E-state index < -0.39 is 0 Å². The van der Waals surface area contributed by atoms with Crippen LogP contribution < -0.4 is 9.62 Å². The minimum absolute atomic E-state index is 0.344. The monoisotopic (exact) mass is 393 g/mol. The Morgan fingerprint density at radius 2 is 1.70 bits per heavy atom. The van der Waals surface area contributed by atoms with Crippen LogP contribution in [-0.4, -0.2) is 31.9 Å².